The minimum absolute atomic E-state index is 0.0429. The summed E-state index contributed by atoms with van der Waals surface area (Å²) in [6.07, 6.45) is 3.37. The molecule has 0 fully saturated rings. The van der Waals surface area contributed by atoms with Crippen molar-refractivity contribution < 1.29 is 9.53 Å². The van der Waals surface area contributed by atoms with Crippen LogP contribution in [0, 0.1) is 5.92 Å². The van der Waals surface area contributed by atoms with E-state index in [4.69, 9.17) is 10.5 Å². The number of hydrogen-bond acceptors (Lipinski definition) is 3. The molecule has 4 heteroatoms. The second-order valence-electron chi connectivity index (χ2n) is 5.34. The predicted molar refractivity (Wildman–Crippen MR) is 81.5 cm³/mol. The van der Waals surface area contributed by atoms with Crippen molar-refractivity contribution in [3.8, 4) is 5.75 Å². The third-order valence-corrected chi connectivity index (χ3v) is 3.08. The first-order chi connectivity index (χ1) is 9.63. The first-order valence-electron chi connectivity index (χ1n) is 7.31. The number of amides is 1. The summed E-state index contributed by atoms with van der Waals surface area (Å²) in [5.74, 6) is 1.33. The average molecular weight is 278 g/mol. The second-order valence-corrected chi connectivity index (χ2v) is 5.34. The Bertz CT molecular complexity index is 405. The maximum atomic E-state index is 11.6. The molecule has 0 saturated heterocycles. The maximum absolute atomic E-state index is 11.6. The summed E-state index contributed by atoms with van der Waals surface area (Å²) in [4.78, 5) is 11.6. The smallest absolute Gasteiger partial charge is 0.257 e. The fraction of sp³-hybridized carbons (Fsp3) is 0.562. The third-order valence-electron chi connectivity index (χ3n) is 3.08. The summed E-state index contributed by atoms with van der Waals surface area (Å²) in [7, 11) is 0. The van der Waals surface area contributed by atoms with E-state index in [-0.39, 0.29) is 12.5 Å². The Morgan fingerprint density at radius 1 is 1.30 bits per heavy atom. The molecule has 1 aromatic rings. The molecule has 0 aliphatic rings. The van der Waals surface area contributed by atoms with Crippen molar-refractivity contribution >= 4 is 5.91 Å². The van der Waals surface area contributed by atoms with E-state index in [1.807, 2.05) is 24.3 Å². The molecule has 4 nitrogen and oxygen atoms in total. The van der Waals surface area contributed by atoms with Gasteiger partial charge in [0.2, 0.25) is 0 Å². The molecule has 0 unspecified atom stereocenters. The van der Waals surface area contributed by atoms with Gasteiger partial charge in [-0.25, -0.2) is 0 Å². The largest absolute Gasteiger partial charge is 0.483 e. The number of carbonyl (C=O) groups is 1. The van der Waals surface area contributed by atoms with Crippen LogP contribution in [-0.2, 0) is 11.3 Å². The number of nitrogens with two attached hydrogens (primary N) is 1. The molecule has 0 heterocycles. The summed E-state index contributed by atoms with van der Waals surface area (Å²) in [5.41, 5.74) is 6.53. The van der Waals surface area contributed by atoms with E-state index in [1.165, 1.54) is 6.42 Å². The Hall–Kier alpha value is -1.55. The van der Waals surface area contributed by atoms with Gasteiger partial charge in [-0.2, -0.15) is 0 Å². The van der Waals surface area contributed by atoms with Gasteiger partial charge in [0.15, 0.2) is 6.61 Å². The lowest BCUT2D eigenvalue weighted by Gasteiger charge is -2.10. The van der Waals surface area contributed by atoms with Gasteiger partial charge in [-0.05, 0) is 18.4 Å². The molecule has 0 bridgehead atoms. The summed E-state index contributed by atoms with van der Waals surface area (Å²) in [5, 5.41) is 2.87. The number of nitrogens with one attached hydrogen (secondary N) is 1. The highest BCUT2D eigenvalue weighted by Crippen LogP contribution is 2.16. The molecule has 0 atom stereocenters. The van der Waals surface area contributed by atoms with Gasteiger partial charge in [0.1, 0.15) is 5.75 Å². The number of rotatable bonds is 9. The Morgan fingerprint density at radius 3 is 2.75 bits per heavy atom. The van der Waals surface area contributed by atoms with Crippen LogP contribution in [0.15, 0.2) is 24.3 Å². The minimum Gasteiger partial charge on any atom is -0.483 e. The summed E-state index contributed by atoms with van der Waals surface area (Å²) >= 11 is 0. The zero-order chi connectivity index (χ0) is 14.8. The monoisotopic (exact) mass is 278 g/mol. The number of unbranched alkanes of at least 4 members (excludes halogenated alkanes) is 1. The van der Waals surface area contributed by atoms with Gasteiger partial charge in [-0.3, -0.25) is 4.79 Å². The van der Waals surface area contributed by atoms with Crippen molar-refractivity contribution in [2.24, 2.45) is 11.7 Å². The Morgan fingerprint density at radius 2 is 2.05 bits per heavy atom. The molecule has 3 N–H and O–H groups in total. The number of ether oxygens (including phenoxy) is 1. The third kappa shape index (κ3) is 6.57. The maximum Gasteiger partial charge on any atom is 0.257 e. The standard InChI is InChI=1S/C16H26N2O2/c1-13(2)7-5-6-10-18-16(19)12-20-15-9-4-3-8-14(15)11-17/h3-4,8-9,13H,5-7,10-12,17H2,1-2H3,(H,18,19). The normalized spacial score (nSPS) is 10.6. The van der Waals surface area contributed by atoms with Crippen LogP contribution < -0.4 is 15.8 Å². The highest BCUT2D eigenvalue weighted by Gasteiger charge is 2.05. The Balaban J connectivity index is 2.19. The van der Waals surface area contributed by atoms with Gasteiger partial charge < -0.3 is 15.8 Å². The topological polar surface area (TPSA) is 64.3 Å². The molecule has 1 rings (SSSR count). The molecule has 20 heavy (non-hydrogen) atoms. The zero-order valence-electron chi connectivity index (χ0n) is 12.5. The van der Waals surface area contributed by atoms with E-state index < -0.39 is 0 Å². The van der Waals surface area contributed by atoms with Crippen LogP contribution in [0.1, 0.15) is 38.7 Å². The molecule has 0 radical (unpaired) electrons. The molecule has 0 spiro atoms. The van der Waals surface area contributed by atoms with Crippen LogP contribution in [0.2, 0.25) is 0 Å². The molecule has 0 aliphatic carbocycles. The van der Waals surface area contributed by atoms with E-state index in [1.54, 1.807) is 0 Å². The summed E-state index contributed by atoms with van der Waals surface area (Å²) in [6.45, 7) is 5.59. The molecule has 1 aromatic carbocycles. The fourth-order valence-corrected chi connectivity index (χ4v) is 1.91. The van der Waals surface area contributed by atoms with Crippen molar-refractivity contribution in [3.63, 3.8) is 0 Å². The lowest BCUT2D eigenvalue weighted by molar-refractivity contribution is -0.123. The van der Waals surface area contributed by atoms with Crippen molar-refractivity contribution in [1.82, 2.24) is 5.32 Å². The van der Waals surface area contributed by atoms with Crippen LogP contribution in [0.3, 0.4) is 0 Å². The number of para-hydroxylation sites is 1. The van der Waals surface area contributed by atoms with Crippen molar-refractivity contribution in [3.05, 3.63) is 29.8 Å². The van der Waals surface area contributed by atoms with Crippen LogP contribution in [0.5, 0.6) is 5.75 Å². The van der Waals surface area contributed by atoms with Crippen LogP contribution in [-0.4, -0.2) is 19.1 Å². The van der Waals surface area contributed by atoms with Gasteiger partial charge >= 0.3 is 0 Å². The molecule has 112 valence electrons. The van der Waals surface area contributed by atoms with Gasteiger partial charge in [0, 0.05) is 18.7 Å². The first-order valence-corrected chi connectivity index (χ1v) is 7.31. The van der Waals surface area contributed by atoms with Crippen LogP contribution in [0.25, 0.3) is 0 Å². The Labute approximate surface area is 121 Å². The number of benzene rings is 1. The van der Waals surface area contributed by atoms with E-state index in [2.05, 4.69) is 19.2 Å². The lowest BCUT2D eigenvalue weighted by Crippen LogP contribution is -2.29. The van der Waals surface area contributed by atoms with Crippen molar-refractivity contribution in [2.45, 2.75) is 39.7 Å². The van der Waals surface area contributed by atoms with Gasteiger partial charge in [0.25, 0.3) is 5.91 Å². The minimum atomic E-state index is -0.0821. The zero-order valence-corrected chi connectivity index (χ0v) is 12.5. The molecule has 0 saturated carbocycles. The van der Waals surface area contributed by atoms with E-state index in [0.717, 1.165) is 24.3 Å². The molecule has 0 aromatic heterocycles. The fourth-order valence-electron chi connectivity index (χ4n) is 1.91. The van der Waals surface area contributed by atoms with Gasteiger partial charge in [-0.15, -0.1) is 0 Å². The lowest BCUT2D eigenvalue weighted by atomic mass is 10.1. The van der Waals surface area contributed by atoms with Gasteiger partial charge in [0.05, 0.1) is 0 Å². The highest BCUT2D eigenvalue weighted by molar-refractivity contribution is 5.77. The molecule has 0 aliphatic heterocycles. The molecular weight excluding hydrogens is 252 g/mol. The number of carbonyl (C=O) groups excluding carboxylic acids is 1. The predicted octanol–water partition coefficient (Wildman–Crippen LogP) is 2.47. The quantitative estimate of drug-likeness (QED) is 0.682. The SMILES string of the molecule is CC(C)CCCCNC(=O)COc1ccccc1CN. The first kappa shape index (κ1) is 16.5. The molecule has 1 amide bonds. The summed E-state index contributed by atoms with van der Waals surface area (Å²) in [6, 6.07) is 7.51. The number of hydrogen-bond donors (Lipinski definition) is 2. The second kappa shape index (κ2) is 9.37. The van der Waals surface area contributed by atoms with E-state index >= 15 is 0 Å². The van der Waals surface area contributed by atoms with Crippen molar-refractivity contribution in [2.75, 3.05) is 13.2 Å². The van der Waals surface area contributed by atoms with Gasteiger partial charge in [-0.1, -0.05) is 44.9 Å². The van der Waals surface area contributed by atoms with Crippen molar-refractivity contribution in [1.29, 1.82) is 0 Å². The van der Waals surface area contributed by atoms with E-state index in [0.29, 0.717) is 18.8 Å². The van der Waals surface area contributed by atoms with Crippen LogP contribution >= 0.6 is 0 Å². The summed E-state index contributed by atoms with van der Waals surface area (Å²) < 4.78 is 5.49. The molecular formula is C16H26N2O2. The Kier molecular flexibility index (Phi) is 7.73. The van der Waals surface area contributed by atoms with Crippen LogP contribution in [0.4, 0.5) is 0 Å². The average Bonchev–Trinajstić information content (AvgIpc) is 2.44. The van der Waals surface area contributed by atoms with E-state index in [9.17, 15) is 4.79 Å². The highest BCUT2D eigenvalue weighted by atomic mass is 16.5.